The van der Waals surface area contributed by atoms with Gasteiger partial charge >= 0.3 is 32.5 Å². The van der Waals surface area contributed by atoms with Crippen LogP contribution in [0.3, 0.4) is 0 Å². The second kappa shape index (κ2) is 18.2. The number of alkyl halides is 4. The van der Waals surface area contributed by atoms with Crippen molar-refractivity contribution in [1.29, 1.82) is 0 Å². The van der Waals surface area contributed by atoms with E-state index in [4.69, 9.17) is 36.1 Å². The average Bonchev–Trinajstić information content (AvgIpc) is 3.08. The number of carboxylic acid groups (broad SMARTS) is 1. The van der Waals surface area contributed by atoms with E-state index in [-0.39, 0.29) is 16.7 Å². The molecule has 0 spiro atoms. The van der Waals surface area contributed by atoms with Crippen LogP contribution >= 0.6 is 47.1 Å². The lowest BCUT2D eigenvalue weighted by Crippen LogP contribution is -2.59. The Bertz CT molecular complexity index is 2070. The number of aliphatic carboxylic acids is 1. The molecule has 0 aliphatic heterocycles. The van der Waals surface area contributed by atoms with Gasteiger partial charge in [-0.25, -0.2) is 0 Å². The van der Waals surface area contributed by atoms with Gasteiger partial charge in [0.1, 0.15) is 12.1 Å². The van der Waals surface area contributed by atoms with E-state index < -0.39 is 111 Å². The van der Waals surface area contributed by atoms with Crippen molar-refractivity contribution in [2.45, 2.75) is 55.1 Å². The molecule has 0 aliphatic carbocycles. The van der Waals surface area contributed by atoms with Gasteiger partial charge in [-0.15, -0.1) is 0 Å². The number of nitrogens with zero attached hydrogens (tertiary/aromatic N) is 1. The molecule has 24 heteroatoms. The smallest absolute Gasteiger partial charge is 0.399 e. The molecule has 0 radical (unpaired) electrons. The summed E-state index contributed by atoms with van der Waals surface area (Å²) in [6.45, 7) is 0. The van der Waals surface area contributed by atoms with Gasteiger partial charge in [-0.1, -0.05) is 80.4 Å². The second-order valence-electron chi connectivity index (χ2n) is 12.2. The molecule has 0 saturated heterocycles. The van der Waals surface area contributed by atoms with Crippen LogP contribution in [0.15, 0.2) is 75.7 Å². The van der Waals surface area contributed by atoms with Crippen LogP contribution in [0.5, 0.6) is 0 Å². The molecule has 0 aromatic heterocycles. The predicted octanol–water partition coefficient (Wildman–Crippen LogP) is 3.65. The number of carboxylic acids is 1. The molecular formula is C32H32Br2F4N4O12P2. The minimum Gasteiger partial charge on any atom is -0.481 e. The molecule has 4 amide bonds. The van der Waals surface area contributed by atoms with E-state index in [0.717, 1.165) is 24.3 Å². The molecule has 0 unspecified atom stereocenters. The number of primary amides is 1. The number of nitrogens with one attached hydrogen (secondary N) is 1. The number of nitrogens with two attached hydrogens (primary N) is 2. The van der Waals surface area contributed by atoms with Gasteiger partial charge in [0.05, 0.1) is 6.04 Å². The highest BCUT2D eigenvalue weighted by molar-refractivity contribution is 9.11. The molecule has 16 nitrogen and oxygen atoms in total. The molecule has 0 saturated carbocycles. The number of hydrogen-bond donors (Lipinski definition) is 8. The highest BCUT2D eigenvalue weighted by Gasteiger charge is 2.51. The average molecular weight is 962 g/mol. The van der Waals surface area contributed by atoms with Crippen LogP contribution in [0.4, 0.5) is 17.6 Å². The summed E-state index contributed by atoms with van der Waals surface area (Å²) < 4.78 is 80.8. The van der Waals surface area contributed by atoms with Gasteiger partial charge in [0.2, 0.25) is 11.8 Å². The Balaban J connectivity index is 2.18. The molecule has 304 valence electrons. The van der Waals surface area contributed by atoms with Crippen molar-refractivity contribution in [1.82, 2.24) is 10.2 Å². The fourth-order valence-corrected chi connectivity index (χ4v) is 7.33. The lowest BCUT2D eigenvalue weighted by molar-refractivity contribution is -0.140. The van der Waals surface area contributed by atoms with Gasteiger partial charge in [-0.2, -0.15) is 17.6 Å². The van der Waals surface area contributed by atoms with Gasteiger partial charge in [-0.05, 0) is 35.7 Å². The first-order valence-corrected chi connectivity index (χ1v) is 20.4. The standard InChI is InChI=1S/C32H32Br2F4N4O12P2/c33-21-13-18(14-22(34)15-21)29(47)42(25(27(40)45)12-17-3-7-20(8-4-17)32(37,38)56(52,53)54)30(48)24(41-28(46)23(39)9-10-26(43)44)11-16-1-5-19(6-2-16)31(35,36)55(49,50)51/h1-8,13-15,23-25H,9-12,39H2,(H2,40,45)(H,41,46)(H,43,44)(H2,49,50,51)(H2,52,53,54)/t23-,24-,25-/m0/s1. The summed E-state index contributed by atoms with van der Waals surface area (Å²) in [4.78, 5) is 103. The quantitative estimate of drug-likeness (QED) is 0.0709. The first-order valence-electron chi connectivity index (χ1n) is 15.6. The van der Waals surface area contributed by atoms with Crippen molar-refractivity contribution in [3.63, 3.8) is 0 Å². The van der Waals surface area contributed by atoms with Crippen LogP contribution in [-0.2, 0) is 52.5 Å². The molecule has 0 fully saturated rings. The Labute approximate surface area is 331 Å². The van der Waals surface area contributed by atoms with Crippen LogP contribution in [0, 0.1) is 0 Å². The number of carbonyl (C=O) groups excluding carboxylic acids is 4. The van der Waals surface area contributed by atoms with Gasteiger partial charge < -0.3 is 41.5 Å². The Morgan fingerprint density at radius 3 is 1.59 bits per heavy atom. The number of halogens is 6. The SMILES string of the molecule is NC(=O)[C@H](Cc1ccc(C(F)(F)P(=O)(O)O)cc1)N(C(=O)c1cc(Br)cc(Br)c1)C(=O)[C@H](Cc1ccc(C(F)(F)P(=O)(O)O)cc1)NC(=O)[C@@H](N)CCC(=O)O. The van der Waals surface area contributed by atoms with E-state index in [2.05, 4.69) is 37.2 Å². The van der Waals surface area contributed by atoms with Crippen molar-refractivity contribution < 1.29 is 75.3 Å². The zero-order valence-electron chi connectivity index (χ0n) is 28.3. The van der Waals surface area contributed by atoms with Crippen LogP contribution in [-0.4, -0.2) is 77.3 Å². The third-order valence-electron chi connectivity index (χ3n) is 8.03. The van der Waals surface area contributed by atoms with Crippen molar-refractivity contribution in [2.75, 3.05) is 0 Å². The van der Waals surface area contributed by atoms with Crippen molar-refractivity contribution in [3.8, 4) is 0 Å². The van der Waals surface area contributed by atoms with E-state index in [9.17, 15) is 50.7 Å². The zero-order valence-corrected chi connectivity index (χ0v) is 33.2. The Morgan fingerprint density at radius 2 is 1.20 bits per heavy atom. The summed E-state index contributed by atoms with van der Waals surface area (Å²) in [5.74, 6) is -6.39. The predicted molar refractivity (Wildman–Crippen MR) is 195 cm³/mol. The fourth-order valence-electron chi connectivity index (χ4n) is 5.07. The van der Waals surface area contributed by atoms with Gasteiger partial charge in [0.25, 0.3) is 11.8 Å². The maximum atomic E-state index is 14.6. The molecule has 3 rings (SSSR count). The number of imide groups is 1. The Hall–Kier alpha value is -3.85. The molecule has 3 atom stereocenters. The number of benzene rings is 3. The lowest BCUT2D eigenvalue weighted by Gasteiger charge is -2.32. The molecule has 0 bridgehead atoms. The van der Waals surface area contributed by atoms with Crippen LogP contribution in [0.25, 0.3) is 0 Å². The second-order valence-corrected chi connectivity index (χ2v) is 17.3. The first-order chi connectivity index (χ1) is 25.7. The van der Waals surface area contributed by atoms with Crippen LogP contribution < -0.4 is 16.8 Å². The minimum absolute atomic E-state index is 0.0529. The van der Waals surface area contributed by atoms with Gasteiger partial charge in [0, 0.05) is 44.9 Å². The van der Waals surface area contributed by atoms with Crippen molar-refractivity contribution in [3.05, 3.63) is 103 Å². The monoisotopic (exact) mass is 960 g/mol. The van der Waals surface area contributed by atoms with Crippen LogP contribution in [0.1, 0.15) is 45.5 Å². The van der Waals surface area contributed by atoms with E-state index in [1.165, 1.54) is 18.2 Å². The summed E-state index contributed by atoms with van der Waals surface area (Å²) in [6, 6.07) is 4.73. The van der Waals surface area contributed by atoms with Gasteiger partial charge in [-0.3, -0.25) is 38.0 Å². The lowest BCUT2D eigenvalue weighted by atomic mass is 9.98. The molecule has 3 aromatic carbocycles. The molecule has 56 heavy (non-hydrogen) atoms. The number of amides is 4. The first kappa shape index (κ1) is 46.5. The molecule has 0 aliphatic rings. The summed E-state index contributed by atoms with van der Waals surface area (Å²) in [5, 5.41) is 11.3. The van der Waals surface area contributed by atoms with E-state index >= 15 is 0 Å². The topological polar surface area (TPSA) is 288 Å². The number of carbonyl (C=O) groups is 5. The summed E-state index contributed by atoms with van der Waals surface area (Å²) >= 11 is 6.39. The number of rotatable bonds is 17. The summed E-state index contributed by atoms with van der Waals surface area (Å²) in [7, 11) is -12.0. The third kappa shape index (κ3) is 11.4. The van der Waals surface area contributed by atoms with E-state index in [1.54, 1.807) is 0 Å². The molecular weight excluding hydrogens is 930 g/mol. The highest BCUT2D eigenvalue weighted by atomic mass is 79.9. The van der Waals surface area contributed by atoms with Crippen molar-refractivity contribution in [2.24, 2.45) is 11.5 Å². The Kier molecular flexibility index (Phi) is 15.1. The molecule has 3 aromatic rings. The van der Waals surface area contributed by atoms with Crippen LogP contribution in [0.2, 0.25) is 0 Å². The maximum absolute atomic E-state index is 14.6. The zero-order chi connectivity index (χ0) is 42.6. The largest absolute Gasteiger partial charge is 0.481 e. The number of hydrogen-bond acceptors (Lipinski definition) is 8. The Morgan fingerprint density at radius 1 is 0.768 bits per heavy atom. The maximum Gasteiger partial charge on any atom is 0.399 e. The third-order valence-corrected chi connectivity index (χ3v) is 10.9. The van der Waals surface area contributed by atoms with E-state index in [1.807, 2.05) is 0 Å². The summed E-state index contributed by atoms with van der Waals surface area (Å²) in [5.41, 5.74) is -0.285. The molecule has 0 heterocycles. The fraction of sp³-hybridized carbons (Fsp3) is 0.281. The normalized spacial score (nSPS) is 14.0. The highest BCUT2D eigenvalue weighted by Crippen LogP contribution is 2.60. The minimum atomic E-state index is -5.99. The molecule has 10 N–H and O–H groups in total. The van der Waals surface area contributed by atoms with Gasteiger partial charge in [0.15, 0.2) is 0 Å². The van der Waals surface area contributed by atoms with Crippen molar-refractivity contribution >= 4 is 76.6 Å². The van der Waals surface area contributed by atoms with E-state index in [0.29, 0.717) is 38.1 Å². The summed E-state index contributed by atoms with van der Waals surface area (Å²) in [6.07, 6.45) is -2.38.